The molecule has 138 valence electrons. The van der Waals surface area contributed by atoms with Gasteiger partial charge in [0, 0.05) is 19.5 Å². The largest absolute Gasteiger partial charge is 0.352 e. The van der Waals surface area contributed by atoms with Gasteiger partial charge in [-0.25, -0.2) is 0 Å². The van der Waals surface area contributed by atoms with E-state index in [-0.39, 0.29) is 5.91 Å². The molecule has 3 nitrogen and oxygen atoms in total. The fourth-order valence-corrected chi connectivity index (χ4v) is 3.62. The Morgan fingerprint density at radius 1 is 1.00 bits per heavy atom. The Morgan fingerprint density at radius 3 is 2.46 bits per heavy atom. The van der Waals surface area contributed by atoms with Crippen LogP contribution in [0.2, 0.25) is 10.0 Å². The van der Waals surface area contributed by atoms with Crippen LogP contribution in [0.25, 0.3) is 0 Å². The number of nitrogens with zero attached hydrogens (tertiary/aromatic N) is 1. The maximum Gasteiger partial charge on any atom is 0.220 e. The first-order valence-corrected chi connectivity index (χ1v) is 9.87. The molecule has 0 aliphatic carbocycles. The van der Waals surface area contributed by atoms with Crippen molar-refractivity contribution in [3.8, 4) is 0 Å². The van der Waals surface area contributed by atoms with Gasteiger partial charge in [-0.15, -0.1) is 0 Å². The lowest BCUT2D eigenvalue weighted by Crippen LogP contribution is -2.25. The molecule has 0 aromatic heterocycles. The number of hydrogen-bond donors (Lipinski definition) is 1. The number of halogens is 2. The first kappa shape index (κ1) is 19.2. The van der Waals surface area contributed by atoms with E-state index in [1.165, 1.54) is 37.1 Å². The summed E-state index contributed by atoms with van der Waals surface area (Å²) in [4.78, 5) is 14.7. The molecule has 1 heterocycles. The van der Waals surface area contributed by atoms with Crippen molar-refractivity contribution in [3.05, 3.63) is 69.2 Å². The second kappa shape index (κ2) is 9.40. The summed E-state index contributed by atoms with van der Waals surface area (Å²) in [7, 11) is 0. The number of hydrogen-bond acceptors (Lipinski definition) is 2. The van der Waals surface area contributed by atoms with Crippen molar-refractivity contribution in [2.24, 2.45) is 0 Å². The Morgan fingerprint density at radius 2 is 1.73 bits per heavy atom. The molecule has 2 aromatic carbocycles. The van der Waals surface area contributed by atoms with Crippen LogP contribution >= 0.6 is 23.2 Å². The van der Waals surface area contributed by atoms with Crippen LogP contribution in [0.15, 0.2) is 42.5 Å². The average Bonchev–Trinajstić information content (AvgIpc) is 3.15. The molecule has 0 bridgehead atoms. The Kier molecular flexibility index (Phi) is 6.95. The van der Waals surface area contributed by atoms with Gasteiger partial charge in [-0.3, -0.25) is 9.69 Å². The highest BCUT2D eigenvalue weighted by molar-refractivity contribution is 6.42. The van der Waals surface area contributed by atoms with Gasteiger partial charge in [-0.1, -0.05) is 53.5 Å². The number of amides is 1. The first-order chi connectivity index (χ1) is 12.6. The van der Waals surface area contributed by atoms with Crippen LogP contribution in [0.5, 0.6) is 0 Å². The monoisotopic (exact) mass is 390 g/mol. The van der Waals surface area contributed by atoms with E-state index in [0.29, 0.717) is 29.4 Å². The van der Waals surface area contributed by atoms with Gasteiger partial charge in [0.15, 0.2) is 0 Å². The SMILES string of the molecule is O=C(CCc1ccc(Cl)c(Cl)c1)NCc1ccccc1CN1CCCC1. The number of rotatable bonds is 7. The predicted molar refractivity (Wildman–Crippen MR) is 108 cm³/mol. The van der Waals surface area contributed by atoms with E-state index in [1.807, 2.05) is 18.2 Å². The van der Waals surface area contributed by atoms with Crippen LogP contribution in [-0.2, 0) is 24.3 Å². The van der Waals surface area contributed by atoms with E-state index in [2.05, 4.69) is 28.4 Å². The van der Waals surface area contributed by atoms with Crippen molar-refractivity contribution >= 4 is 29.1 Å². The van der Waals surface area contributed by atoms with Crippen molar-refractivity contribution in [2.75, 3.05) is 13.1 Å². The summed E-state index contributed by atoms with van der Waals surface area (Å²) in [6, 6.07) is 13.9. The summed E-state index contributed by atoms with van der Waals surface area (Å²) in [5, 5.41) is 4.11. The summed E-state index contributed by atoms with van der Waals surface area (Å²) in [5.41, 5.74) is 3.52. The maximum atomic E-state index is 12.2. The molecular formula is C21H24Cl2N2O. The Balaban J connectivity index is 1.50. The third kappa shape index (κ3) is 5.47. The zero-order valence-electron chi connectivity index (χ0n) is 14.8. The Bertz CT molecular complexity index is 757. The highest BCUT2D eigenvalue weighted by atomic mass is 35.5. The molecule has 1 saturated heterocycles. The van der Waals surface area contributed by atoms with E-state index in [1.54, 1.807) is 6.07 Å². The fourth-order valence-electron chi connectivity index (χ4n) is 3.30. The molecule has 1 aliphatic heterocycles. The van der Waals surface area contributed by atoms with Crippen LogP contribution in [0, 0.1) is 0 Å². The zero-order valence-corrected chi connectivity index (χ0v) is 16.3. The molecule has 26 heavy (non-hydrogen) atoms. The summed E-state index contributed by atoms with van der Waals surface area (Å²) in [6.45, 7) is 3.88. The molecule has 2 aromatic rings. The Hall–Kier alpha value is -1.55. The second-order valence-corrected chi connectivity index (χ2v) is 7.59. The number of likely N-dealkylation sites (tertiary alicyclic amines) is 1. The van der Waals surface area contributed by atoms with Crippen LogP contribution in [0.1, 0.15) is 36.0 Å². The van der Waals surface area contributed by atoms with Gasteiger partial charge in [0.05, 0.1) is 10.0 Å². The van der Waals surface area contributed by atoms with Crippen LogP contribution in [0.3, 0.4) is 0 Å². The normalized spacial score (nSPS) is 14.5. The van der Waals surface area contributed by atoms with Gasteiger partial charge in [0.2, 0.25) is 5.91 Å². The lowest BCUT2D eigenvalue weighted by molar-refractivity contribution is -0.121. The minimum atomic E-state index is 0.0482. The molecule has 1 aliphatic rings. The van der Waals surface area contributed by atoms with E-state index < -0.39 is 0 Å². The average molecular weight is 391 g/mol. The summed E-state index contributed by atoms with van der Waals surface area (Å²) < 4.78 is 0. The predicted octanol–water partition coefficient (Wildman–Crippen LogP) is 4.84. The van der Waals surface area contributed by atoms with Crippen LogP contribution in [-0.4, -0.2) is 23.9 Å². The topological polar surface area (TPSA) is 32.3 Å². The van der Waals surface area contributed by atoms with Crippen molar-refractivity contribution < 1.29 is 4.79 Å². The molecule has 5 heteroatoms. The van der Waals surface area contributed by atoms with Crippen molar-refractivity contribution in [3.63, 3.8) is 0 Å². The van der Waals surface area contributed by atoms with E-state index >= 15 is 0 Å². The molecule has 0 atom stereocenters. The Labute approximate surface area is 165 Å². The highest BCUT2D eigenvalue weighted by Gasteiger charge is 2.13. The zero-order chi connectivity index (χ0) is 18.4. The maximum absolute atomic E-state index is 12.2. The van der Waals surface area contributed by atoms with Crippen molar-refractivity contribution in [1.29, 1.82) is 0 Å². The quantitative estimate of drug-likeness (QED) is 0.733. The third-order valence-corrected chi connectivity index (χ3v) is 5.55. The standard InChI is InChI=1S/C21H24Cl2N2O/c22-19-9-7-16(13-20(19)23)8-10-21(26)24-14-17-5-1-2-6-18(17)15-25-11-3-4-12-25/h1-2,5-7,9,13H,3-4,8,10-12,14-15H2,(H,24,26). The minimum absolute atomic E-state index is 0.0482. The van der Waals surface area contributed by atoms with Crippen molar-refractivity contribution in [2.45, 2.75) is 38.8 Å². The first-order valence-electron chi connectivity index (χ1n) is 9.11. The molecule has 1 fully saturated rings. The highest BCUT2D eigenvalue weighted by Crippen LogP contribution is 2.23. The minimum Gasteiger partial charge on any atom is -0.352 e. The van der Waals surface area contributed by atoms with Gasteiger partial charge in [0.25, 0.3) is 0 Å². The van der Waals surface area contributed by atoms with Crippen LogP contribution in [0.4, 0.5) is 0 Å². The molecule has 1 amide bonds. The number of carbonyl (C=O) groups is 1. The van der Waals surface area contributed by atoms with Crippen molar-refractivity contribution in [1.82, 2.24) is 10.2 Å². The summed E-state index contributed by atoms with van der Waals surface area (Å²) in [6.07, 6.45) is 3.66. The van der Waals surface area contributed by atoms with E-state index in [9.17, 15) is 4.79 Å². The van der Waals surface area contributed by atoms with Gasteiger partial charge in [0.1, 0.15) is 0 Å². The molecule has 0 radical (unpaired) electrons. The molecule has 0 spiro atoms. The number of carbonyl (C=O) groups excluding carboxylic acids is 1. The summed E-state index contributed by atoms with van der Waals surface area (Å²) in [5.74, 6) is 0.0482. The third-order valence-electron chi connectivity index (χ3n) is 4.81. The second-order valence-electron chi connectivity index (χ2n) is 6.78. The van der Waals surface area contributed by atoms with E-state index in [0.717, 1.165) is 12.1 Å². The smallest absolute Gasteiger partial charge is 0.220 e. The molecule has 3 rings (SSSR count). The van der Waals surface area contributed by atoms with E-state index in [4.69, 9.17) is 23.2 Å². The van der Waals surface area contributed by atoms with Gasteiger partial charge >= 0.3 is 0 Å². The number of aryl methyl sites for hydroxylation is 1. The number of benzene rings is 2. The summed E-state index contributed by atoms with van der Waals surface area (Å²) >= 11 is 11.9. The van der Waals surface area contributed by atoms with Gasteiger partial charge in [-0.05, 0) is 61.2 Å². The number of nitrogens with one attached hydrogen (secondary N) is 1. The van der Waals surface area contributed by atoms with Gasteiger partial charge in [-0.2, -0.15) is 0 Å². The van der Waals surface area contributed by atoms with Gasteiger partial charge < -0.3 is 5.32 Å². The molecule has 1 N–H and O–H groups in total. The molecule has 0 saturated carbocycles. The fraction of sp³-hybridized carbons (Fsp3) is 0.381. The lowest BCUT2D eigenvalue weighted by atomic mass is 10.1. The lowest BCUT2D eigenvalue weighted by Gasteiger charge is -2.17. The van der Waals surface area contributed by atoms with Crippen LogP contribution < -0.4 is 5.32 Å². The molecular weight excluding hydrogens is 367 g/mol. The molecule has 0 unspecified atom stereocenters.